The van der Waals surface area contributed by atoms with Gasteiger partial charge in [-0.1, -0.05) is 62.4 Å². The summed E-state index contributed by atoms with van der Waals surface area (Å²) in [7, 11) is 0. The first kappa shape index (κ1) is 13.1. The van der Waals surface area contributed by atoms with Crippen molar-refractivity contribution >= 4 is 6.47 Å². The third kappa shape index (κ3) is 3.86. The molecule has 0 saturated heterocycles. The first-order valence-corrected chi connectivity index (χ1v) is 7.00. The number of ether oxygens (including phenoxy) is 1. The highest BCUT2D eigenvalue weighted by atomic mass is 16.5. The lowest BCUT2D eigenvalue weighted by Gasteiger charge is -2.26. The van der Waals surface area contributed by atoms with E-state index in [-0.39, 0.29) is 0 Å². The van der Waals surface area contributed by atoms with Crippen LogP contribution < -0.4 is 0 Å². The van der Waals surface area contributed by atoms with E-state index >= 15 is 0 Å². The van der Waals surface area contributed by atoms with Crippen molar-refractivity contribution in [2.75, 3.05) is 6.61 Å². The summed E-state index contributed by atoms with van der Waals surface area (Å²) >= 11 is 0. The summed E-state index contributed by atoms with van der Waals surface area (Å²) in [5.41, 5.74) is 1.30. The second-order valence-electron chi connectivity index (χ2n) is 5.28. The maximum absolute atomic E-state index is 10.4. The maximum atomic E-state index is 10.4. The number of hydrogen-bond donors (Lipinski definition) is 0. The van der Waals surface area contributed by atoms with Gasteiger partial charge in [0.2, 0.25) is 0 Å². The molecule has 1 aromatic carbocycles. The Morgan fingerprint density at radius 2 is 1.89 bits per heavy atom. The molecule has 1 saturated carbocycles. The van der Waals surface area contributed by atoms with Crippen LogP contribution >= 0.6 is 0 Å². The van der Waals surface area contributed by atoms with Gasteiger partial charge in [0.25, 0.3) is 6.47 Å². The van der Waals surface area contributed by atoms with Crippen molar-refractivity contribution in [1.82, 2.24) is 0 Å². The molecule has 0 aromatic heterocycles. The van der Waals surface area contributed by atoms with Crippen molar-refractivity contribution in [3.63, 3.8) is 0 Å². The van der Waals surface area contributed by atoms with Gasteiger partial charge in [-0.05, 0) is 17.9 Å². The molecule has 0 amide bonds. The maximum Gasteiger partial charge on any atom is 0.293 e. The predicted molar refractivity (Wildman–Crippen MR) is 72.4 cm³/mol. The Labute approximate surface area is 109 Å². The van der Waals surface area contributed by atoms with Gasteiger partial charge in [-0.15, -0.1) is 0 Å². The normalized spacial score (nSPS) is 18.2. The lowest BCUT2D eigenvalue weighted by Crippen LogP contribution is -2.15. The molecule has 2 nitrogen and oxygen atoms in total. The topological polar surface area (TPSA) is 26.3 Å². The zero-order valence-electron chi connectivity index (χ0n) is 10.9. The molecule has 98 valence electrons. The van der Waals surface area contributed by atoms with Gasteiger partial charge in [-0.25, -0.2) is 0 Å². The third-order valence-electron chi connectivity index (χ3n) is 3.98. The van der Waals surface area contributed by atoms with Crippen LogP contribution in [-0.2, 0) is 9.53 Å². The Balaban J connectivity index is 1.97. The quantitative estimate of drug-likeness (QED) is 0.711. The van der Waals surface area contributed by atoms with Crippen LogP contribution in [0.25, 0.3) is 0 Å². The molecule has 18 heavy (non-hydrogen) atoms. The molecule has 0 heterocycles. The Morgan fingerprint density at radius 3 is 2.56 bits per heavy atom. The molecule has 0 N–H and O–H groups in total. The molecule has 0 spiro atoms. The van der Waals surface area contributed by atoms with Crippen LogP contribution in [0.15, 0.2) is 30.3 Å². The molecule has 1 aliphatic rings. The molecule has 2 rings (SSSR count). The number of carbonyl (C=O) groups excluding carboxylic acids is 1. The summed E-state index contributed by atoms with van der Waals surface area (Å²) < 4.78 is 5.01. The Kier molecular flexibility index (Phi) is 5.25. The van der Waals surface area contributed by atoms with Crippen molar-refractivity contribution in [2.45, 2.75) is 44.4 Å². The highest BCUT2D eigenvalue weighted by molar-refractivity contribution is 5.37. The third-order valence-corrected chi connectivity index (χ3v) is 3.98. The van der Waals surface area contributed by atoms with Crippen LogP contribution in [0.1, 0.15) is 50.0 Å². The smallest absolute Gasteiger partial charge is 0.293 e. The van der Waals surface area contributed by atoms with E-state index in [1.54, 1.807) is 0 Å². The fraction of sp³-hybridized carbons (Fsp3) is 0.562. The van der Waals surface area contributed by atoms with Crippen molar-refractivity contribution in [1.29, 1.82) is 0 Å². The summed E-state index contributed by atoms with van der Waals surface area (Å²) in [4.78, 5) is 10.4. The fourth-order valence-corrected chi connectivity index (χ4v) is 3.01. The highest BCUT2D eigenvalue weighted by Gasteiger charge is 2.20. The molecule has 0 bridgehead atoms. The van der Waals surface area contributed by atoms with Gasteiger partial charge >= 0.3 is 0 Å². The summed E-state index contributed by atoms with van der Waals surface area (Å²) in [6.07, 6.45) is 7.94. The summed E-state index contributed by atoms with van der Waals surface area (Å²) in [5, 5.41) is 0. The molecule has 1 aromatic rings. The van der Waals surface area contributed by atoms with E-state index in [0.717, 1.165) is 12.3 Å². The minimum atomic E-state index is 0.361. The average molecular weight is 246 g/mol. The minimum absolute atomic E-state index is 0.361. The molecule has 2 heteroatoms. The van der Waals surface area contributed by atoms with Crippen molar-refractivity contribution in [3.8, 4) is 0 Å². The van der Waals surface area contributed by atoms with Gasteiger partial charge in [0.15, 0.2) is 0 Å². The summed E-state index contributed by atoms with van der Waals surface area (Å²) in [5.74, 6) is 1.17. The summed E-state index contributed by atoms with van der Waals surface area (Å²) in [6.45, 7) is 1.08. The predicted octanol–water partition coefficient (Wildman–Crippen LogP) is 3.91. The molecule has 1 atom stereocenters. The second-order valence-corrected chi connectivity index (χ2v) is 5.28. The van der Waals surface area contributed by atoms with Crippen molar-refractivity contribution in [2.24, 2.45) is 5.92 Å². The molecular formula is C16H22O2. The minimum Gasteiger partial charge on any atom is -0.467 e. The van der Waals surface area contributed by atoms with Crippen LogP contribution in [-0.4, -0.2) is 13.1 Å². The summed E-state index contributed by atoms with van der Waals surface area (Å²) in [6, 6.07) is 10.4. The number of rotatable bonds is 6. The molecule has 0 radical (unpaired) electrons. The lowest BCUT2D eigenvalue weighted by molar-refractivity contribution is -0.129. The highest BCUT2D eigenvalue weighted by Crippen LogP contribution is 2.33. The van der Waals surface area contributed by atoms with E-state index in [1.807, 2.05) is 6.07 Å². The molecule has 1 unspecified atom stereocenters. The zero-order valence-corrected chi connectivity index (χ0v) is 10.9. The molecule has 0 aliphatic heterocycles. The van der Waals surface area contributed by atoms with Crippen molar-refractivity contribution in [3.05, 3.63) is 35.9 Å². The Bertz CT molecular complexity index is 341. The van der Waals surface area contributed by atoms with E-state index in [1.165, 1.54) is 37.7 Å². The molecule has 1 fully saturated rings. The first-order chi connectivity index (χ1) is 8.90. The average Bonchev–Trinajstić information content (AvgIpc) is 2.45. The van der Waals surface area contributed by atoms with Crippen molar-refractivity contribution < 1.29 is 9.53 Å². The Morgan fingerprint density at radius 1 is 1.17 bits per heavy atom. The monoisotopic (exact) mass is 246 g/mol. The number of benzene rings is 1. The van der Waals surface area contributed by atoms with Gasteiger partial charge in [0.05, 0.1) is 6.61 Å². The first-order valence-electron chi connectivity index (χ1n) is 7.00. The number of hydrogen-bond acceptors (Lipinski definition) is 2. The van der Waals surface area contributed by atoms with Gasteiger partial charge in [0.1, 0.15) is 0 Å². The largest absolute Gasteiger partial charge is 0.467 e. The SMILES string of the molecule is O=COCC(CC1CCCCC1)c1ccccc1. The van der Waals surface area contributed by atoms with Crippen LogP contribution in [0.4, 0.5) is 0 Å². The van der Waals surface area contributed by atoms with E-state index in [4.69, 9.17) is 4.74 Å². The van der Waals surface area contributed by atoms with Gasteiger partial charge in [-0.3, -0.25) is 4.79 Å². The van der Waals surface area contributed by atoms with Crippen LogP contribution in [0.2, 0.25) is 0 Å². The second kappa shape index (κ2) is 7.20. The molecular weight excluding hydrogens is 224 g/mol. The van der Waals surface area contributed by atoms with Crippen LogP contribution in [0.3, 0.4) is 0 Å². The van der Waals surface area contributed by atoms with E-state index < -0.39 is 0 Å². The number of carbonyl (C=O) groups is 1. The van der Waals surface area contributed by atoms with Gasteiger partial charge < -0.3 is 4.74 Å². The zero-order chi connectivity index (χ0) is 12.6. The van der Waals surface area contributed by atoms with E-state index in [2.05, 4.69) is 24.3 Å². The fourth-order valence-electron chi connectivity index (χ4n) is 3.01. The van der Waals surface area contributed by atoms with Gasteiger partial charge in [-0.2, -0.15) is 0 Å². The lowest BCUT2D eigenvalue weighted by atomic mass is 9.81. The van der Waals surface area contributed by atoms with Crippen LogP contribution in [0.5, 0.6) is 0 Å². The standard InChI is InChI=1S/C16H22O2/c17-13-18-12-16(15-9-5-2-6-10-15)11-14-7-3-1-4-8-14/h2,5-6,9-10,13-14,16H,1,3-4,7-8,11-12H2. The van der Waals surface area contributed by atoms with Gasteiger partial charge in [0, 0.05) is 5.92 Å². The van der Waals surface area contributed by atoms with E-state index in [0.29, 0.717) is 19.0 Å². The molecule has 1 aliphatic carbocycles. The Hall–Kier alpha value is -1.31. The van der Waals surface area contributed by atoms with E-state index in [9.17, 15) is 4.79 Å². The van der Waals surface area contributed by atoms with Crippen LogP contribution in [0, 0.1) is 5.92 Å².